The number of hydrogen-bond acceptors (Lipinski definition) is 5. The van der Waals surface area contributed by atoms with Crippen LogP contribution in [0.3, 0.4) is 0 Å². The van der Waals surface area contributed by atoms with Gasteiger partial charge < -0.3 is 10.2 Å². The minimum Gasteiger partial charge on any atom is -0.355 e. The van der Waals surface area contributed by atoms with Crippen LogP contribution in [0, 0.1) is 12.8 Å². The second-order valence-corrected chi connectivity index (χ2v) is 8.12. The fourth-order valence-corrected chi connectivity index (χ4v) is 3.85. The van der Waals surface area contributed by atoms with E-state index < -0.39 is 0 Å². The Balaban J connectivity index is 1.40. The number of hydrogen-bond donors (Lipinski definition) is 1. The molecule has 1 saturated heterocycles. The predicted octanol–water partition coefficient (Wildman–Crippen LogP) is 3.12. The maximum Gasteiger partial charge on any atom is 0.271 e. The molecule has 1 aliphatic heterocycles. The molecule has 1 N–H and O–H groups in total. The second kappa shape index (κ2) is 9.31. The standard InChI is InChI=1S/C23H24ClN5O2/c1-16-4-5-19(13-20(16)24)29-22(30)7-6-21(27-29)28-11-8-18(9-12-28)23(31)26-15-17-3-2-10-25-14-17/h2-7,10,13-14,18H,8-9,11-12,15H2,1H3,(H,26,31). The smallest absolute Gasteiger partial charge is 0.271 e. The summed E-state index contributed by atoms with van der Waals surface area (Å²) in [7, 11) is 0. The fraction of sp³-hybridized carbons (Fsp3) is 0.304. The van der Waals surface area contributed by atoms with Gasteiger partial charge in [0, 0.05) is 49.0 Å². The molecule has 7 nitrogen and oxygen atoms in total. The van der Waals surface area contributed by atoms with Gasteiger partial charge in [-0.2, -0.15) is 4.68 Å². The van der Waals surface area contributed by atoms with E-state index in [1.54, 1.807) is 24.5 Å². The Bertz CT molecular complexity index is 1120. The van der Waals surface area contributed by atoms with Crippen LogP contribution in [0.1, 0.15) is 24.0 Å². The Morgan fingerprint density at radius 1 is 1.19 bits per heavy atom. The number of nitrogens with zero attached hydrogens (tertiary/aromatic N) is 4. The summed E-state index contributed by atoms with van der Waals surface area (Å²) in [4.78, 5) is 31.1. The number of rotatable bonds is 5. The third-order valence-corrected chi connectivity index (χ3v) is 5.97. The van der Waals surface area contributed by atoms with E-state index in [-0.39, 0.29) is 17.4 Å². The number of piperidine rings is 1. The molecule has 0 saturated carbocycles. The molecule has 0 spiro atoms. The minimum atomic E-state index is -0.215. The molecule has 0 aliphatic carbocycles. The van der Waals surface area contributed by atoms with Crippen LogP contribution in [-0.2, 0) is 11.3 Å². The molecular formula is C23H24ClN5O2. The van der Waals surface area contributed by atoms with Gasteiger partial charge in [0.1, 0.15) is 5.82 Å². The molecule has 0 atom stereocenters. The Labute approximate surface area is 185 Å². The predicted molar refractivity (Wildman–Crippen MR) is 121 cm³/mol. The third-order valence-electron chi connectivity index (χ3n) is 5.57. The second-order valence-electron chi connectivity index (χ2n) is 7.72. The van der Waals surface area contributed by atoms with Gasteiger partial charge in [0.15, 0.2) is 0 Å². The van der Waals surface area contributed by atoms with Crippen molar-refractivity contribution in [1.82, 2.24) is 20.1 Å². The zero-order valence-electron chi connectivity index (χ0n) is 17.3. The zero-order chi connectivity index (χ0) is 21.8. The summed E-state index contributed by atoms with van der Waals surface area (Å²) in [6, 6.07) is 12.5. The molecule has 1 fully saturated rings. The Hall–Kier alpha value is -3.19. The van der Waals surface area contributed by atoms with E-state index >= 15 is 0 Å². The lowest BCUT2D eigenvalue weighted by molar-refractivity contribution is -0.125. The van der Waals surface area contributed by atoms with Crippen LogP contribution in [-0.4, -0.2) is 33.8 Å². The highest BCUT2D eigenvalue weighted by Crippen LogP contribution is 2.23. The molecule has 2 aromatic heterocycles. The molecule has 4 rings (SSSR count). The summed E-state index contributed by atoms with van der Waals surface area (Å²) in [5.74, 6) is 0.746. The number of pyridine rings is 1. The Kier molecular flexibility index (Phi) is 6.32. The average Bonchev–Trinajstić information content (AvgIpc) is 2.80. The van der Waals surface area contributed by atoms with Gasteiger partial charge in [0.25, 0.3) is 5.56 Å². The number of carbonyl (C=O) groups is 1. The minimum absolute atomic E-state index is 0.0327. The van der Waals surface area contributed by atoms with Gasteiger partial charge in [0.2, 0.25) is 5.91 Å². The van der Waals surface area contributed by atoms with Crippen molar-refractivity contribution in [3.05, 3.63) is 81.4 Å². The quantitative estimate of drug-likeness (QED) is 0.663. The first-order chi connectivity index (χ1) is 15.0. The van der Waals surface area contributed by atoms with Crippen LogP contribution in [0.25, 0.3) is 5.69 Å². The van der Waals surface area contributed by atoms with Crippen LogP contribution < -0.4 is 15.8 Å². The van der Waals surface area contributed by atoms with Crippen LogP contribution in [0.2, 0.25) is 5.02 Å². The lowest BCUT2D eigenvalue weighted by atomic mass is 9.96. The highest BCUT2D eigenvalue weighted by molar-refractivity contribution is 6.31. The van der Waals surface area contributed by atoms with Gasteiger partial charge >= 0.3 is 0 Å². The van der Waals surface area contributed by atoms with Gasteiger partial charge in [-0.05, 0) is 55.2 Å². The molecule has 1 aromatic carbocycles. The Morgan fingerprint density at radius 2 is 2.00 bits per heavy atom. The van der Waals surface area contributed by atoms with E-state index in [2.05, 4.69) is 20.3 Å². The average molecular weight is 438 g/mol. The molecule has 1 aliphatic rings. The van der Waals surface area contributed by atoms with Crippen molar-refractivity contribution in [3.8, 4) is 5.69 Å². The van der Waals surface area contributed by atoms with Gasteiger partial charge in [-0.3, -0.25) is 14.6 Å². The fourth-order valence-electron chi connectivity index (χ4n) is 3.68. The summed E-state index contributed by atoms with van der Waals surface area (Å²) in [6.45, 7) is 3.80. The van der Waals surface area contributed by atoms with Crippen molar-refractivity contribution in [1.29, 1.82) is 0 Å². The van der Waals surface area contributed by atoms with E-state index in [9.17, 15) is 9.59 Å². The molecule has 0 radical (unpaired) electrons. The molecule has 0 bridgehead atoms. The number of aromatic nitrogens is 3. The summed E-state index contributed by atoms with van der Waals surface area (Å²) in [5.41, 5.74) is 2.34. The Morgan fingerprint density at radius 3 is 2.71 bits per heavy atom. The first-order valence-electron chi connectivity index (χ1n) is 10.3. The van der Waals surface area contributed by atoms with E-state index in [1.807, 2.05) is 31.2 Å². The van der Waals surface area contributed by atoms with Crippen molar-refractivity contribution in [2.24, 2.45) is 5.92 Å². The van der Waals surface area contributed by atoms with Crippen molar-refractivity contribution in [3.63, 3.8) is 0 Å². The van der Waals surface area contributed by atoms with Crippen molar-refractivity contribution in [2.75, 3.05) is 18.0 Å². The first-order valence-corrected chi connectivity index (χ1v) is 10.7. The van der Waals surface area contributed by atoms with E-state index in [0.29, 0.717) is 36.2 Å². The van der Waals surface area contributed by atoms with Gasteiger partial charge in [-0.1, -0.05) is 23.7 Å². The summed E-state index contributed by atoms with van der Waals surface area (Å²) in [6.07, 6.45) is 4.93. The van der Waals surface area contributed by atoms with Crippen LogP contribution in [0.4, 0.5) is 5.82 Å². The zero-order valence-corrected chi connectivity index (χ0v) is 18.0. The van der Waals surface area contributed by atoms with Crippen LogP contribution in [0.15, 0.2) is 59.7 Å². The summed E-state index contributed by atoms with van der Waals surface area (Å²) >= 11 is 6.22. The maximum absolute atomic E-state index is 12.5. The van der Waals surface area contributed by atoms with E-state index in [0.717, 1.165) is 24.0 Å². The van der Waals surface area contributed by atoms with Gasteiger partial charge in [-0.25, -0.2) is 0 Å². The van der Waals surface area contributed by atoms with Crippen LogP contribution in [0.5, 0.6) is 0 Å². The largest absolute Gasteiger partial charge is 0.355 e. The molecule has 160 valence electrons. The lowest BCUT2D eigenvalue weighted by Crippen LogP contribution is -2.41. The first kappa shape index (κ1) is 21.1. The van der Waals surface area contributed by atoms with Crippen molar-refractivity contribution in [2.45, 2.75) is 26.3 Å². The van der Waals surface area contributed by atoms with Gasteiger partial charge in [-0.15, -0.1) is 5.10 Å². The normalized spacial score (nSPS) is 14.5. The number of benzene rings is 1. The highest BCUT2D eigenvalue weighted by Gasteiger charge is 2.26. The topological polar surface area (TPSA) is 80.1 Å². The van der Waals surface area contributed by atoms with Crippen LogP contribution >= 0.6 is 11.6 Å². The number of aryl methyl sites for hydroxylation is 1. The number of anilines is 1. The summed E-state index contributed by atoms with van der Waals surface area (Å²) < 4.78 is 1.37. The molecule has 1 amide bonds. The molecule has 0 unspecified atom stereocenters. The molecule has 3 heterocycles. The maximum atomic E-state index is 12.5. The number of nitrogens with one attached hydrogen (secondary N) is 1. The van der Waals surface area contributed by atoms with Crippen molar-refractivity contribution >= 4 is 23.3 Å². The molecule has 3 aromatic rings. The SMILES string of the molecule is Cc1ccc(-n2nc(N3CCC(C(=O)NCc4cccnc4)CC3)ccc2=O)cc1Cl. The highest BCUT2D eigenvalue weighted by atomic mass is 35.5. The van der Waals surface area contributed by atoms with E-state index in [4.69, 9.17) is 11.6 Å². The number of carbonyl (C=O) groups excluding carboxylic acids is 1. The number of halogens is 1. The lowest BCUT2D eigenvalue weighted by Gasteiger charge is -2.32. The third kappa shape index (κ3) is 4.94. The van der Waals surface area contributed by atoms with E-state index in [1.165, 1.54) is 10.7 Å². The molecular weight excluding hydrogens is 414 g/mol. The van der Waals surface area contributed by atoms with Crippen molar-refractivity contribution < 1.29 is 4.79 Å². The molecule has 8 heteroatoms. The number of amides is 1. The molecule has 31 heavy (non-hydrogen) atoms. The van der Waals surface area contributed by atoms with Gasteiger partial charge in [0.05, 0.1) is 5.69 Å². The summed E-state index contributed by atoms with van der Waals surface area (Å²) in [5, 5.41) is 8.14. The monoisotopic (exact) mass is 437 g/mol.